The predicted octanol–water partition coefficient (Wildman–Crippen LogP) is 3.64. The number of phenolic OH excluding ortho intramolecular Hbond substituents is 3. The molecular formula is C24H22O7. The second-order valence-corrected chi connectivity index (χ2v) is 7.47. The molecule has 7 nitrogen and oxygen atoms in total. The van der Waals surface area contributed by atoms with E-state index < -0.39 is 18.0 Å². The van der Waals surface area contributed by atoms with Gasteiger partial charge in [-0.15, -0.1) is 0 Å². The molecule has 0 saturated heterocycles. The Balaban J connectivity index is 1.80. The lowest BCUT2D eigenvalue weighted by molar-refractivity contribution is 0.0210. The van der Waals surface area contributed by atoms with E-state index in [1.807, 2.05) is 6.92 Å². The molecular weight excluding hydrogens is 400 g/mol. The molecule has 0 radical (unpaired) electrons. The third kappa shape index (κ3) is 3.53. The number of Topliss-reactive ketones (excluding diaryl/α,β-unsaturated/α-hetero) is 1. The molecule has 3 aromatic carbocycles. The third-order valence-corrected chi connectivity index (χ3v) is 5.59. The number of carbonyl (C=O) groups excluding carboxylic acids is 1. The molecule has 0 spiro atoms. The van der Waals surface area contributed by atoms with E-state index in [0.29, 0.717) is 16.9 Å². The second-order valence-electron chi connectivity index (χ2n) is 7.47. The summed E-state index contributed by atoms with van der Waals surface area (Å²) in [4.78, 5) is 13.0. The Morgan fingerprint density at radius 3 is 2.13 bits per heavy atom. The van der Waals surface area contributed by atoms with Crippen LogP contribution in [0.15, 0.2) is 54.6 Å². The summed E-state index contributed by atoms with van der Waals surface area (Å²) in [5, 5.41) is 40.7. The summed E-state index contributed by atoms with van der Waals surface area (Å²) in [7, 11) is 1.45. The van der Waals surface area contributed by atoms with Gasteiger partial charge in [-0.3, -0.25) is 4.79 Å². The van der Waals surface area contributed by atoms with Crippen molar-refractivity contribution in [2.24, 2.45) is 0 Å². The number of rotatable bonds is 4. The van der Waals surface area contributed by atoms with E-state index in [-0.39, 0.29) is 34.5 Å². The highest BCUT2D eigenvalue weighted by Crippen LogP contribution is 2.48. The summed E-state index contributed by atoms with van der Waals surface area (Å²) in [5.41, 5.74) is 1.56. The number of methoxy groups -OCH3 is 1. The van der Waals surface area contributed by atoms with Crippen molar-refractivity contribution in [2.45, 2.75) is 25.0 Å². The number of hydrogen-bond acceptors (Lipinski definition) is 7. The van der Waals surface area contributed by atoms with Gasteiger partial charge in [0.05, 0.1) is 7.11 Å². The first-order chi connectivity index (χ1) is 14.8. The normalized spacial score (nSPS) is 18.7. The molecule has 1 heterocycles. The average molecular weight is 422 g/mol. The van der Waals surface area contributed by atoms with E-state index >= 15 is 0 Å². The zero-order valence-corrected chi connectivity index (χ0v) is 16.9. The summed E-state index contributed by atoms with van der Waals surface area (Å²) >= 11 is 0. The summed E-state index contributed by atoms with van der Waals surface area (Å²) in [6, 6.07) is 14.0. The molecule has 7 heteroatoms. The Kier molecular flexibility index (Phi) is 5.20. The molecule has 0 saturated carbocycles. The minimum Gasteiger partial charge on any atom is -0.508 e. The molecule has 3 unspecified atom stereocenters. The quantitative estimate of drug-likeness (QED) is 0.507. The number of aliphatic hydroxyl groups is 1. The van der Waals surface area contributed by atoms with Crippen LogP contribution in [0, 0.1) is 0 Å². The van der Waals surface area contributed by atoms with Gasteiger partial charge in [0.1, 0.15) is 34.3 Å². The van der Waals surface area contributed by atoms with Crippen molar-refractivity contribution in [3.63, 3.8) is 0 Å². The number of benzene rings is 3. The average Bonchev–Trinajstić information content (AvgIpc) is 2.76. The van der Waals surface area contributed by atoms with Crippen molar-refractivity contribution in [3.05, 3.63) is 76.9 Å². The highest BCUT2D eigenvalue weighted by Gasteiger charge is 2.40. The number of aromatic hydroxyl groups is 3. The van der Waals surface area contributed by atoms with Gasteiger partial charge in [-0.1, -0.05) is 31.2 Å². The van der Waals surface area contributed by atoms with Crippen LogP contribution in [-0.2, 0) is 0 Å². The molecule has 4 N–H and O–H groups in total. The van der Waals surface area contributed by atoms with Crippen LogP contribution in [0.3, 0.4) is 0 Å². The van der Waals surface area contributed by atoms with E-state index in [1.165, 1.54) is 37.4 Å². The van der Waals surface area contributed by atoms with E-state index in [9.17, 15) is 25.2 Å². The van der Waals surface area contributed by atoms with Gasteiger partial charge in [0, 0.05) is 17.5 Å². The van der Waals surface area contributed by atoms with Crippen LogP contribution >= 0.6 is 0 Å². The number of carbonyl (C=O) groups is 1. The molecule has 0 aromatic heterocycles. The molecule has 0 aliphatic carbocycles. The summed E-state index contributed by atoms with van der Waals surface area (Å²) in [5.74, 6) is -0.769. The standard InChI is InChI=1S/C24H22O7/c1-12(13-3-7-15(25)8-4-13)19-17(30-2)11-18-20(21(19)27)22(28)23(29)24(31-18)14-5-9-16(26)10-6-14/h3-12,23-27,29H,1-2H3. The molecule has 4 rings (SSSR count). The number of ketones is 1. The van der Waals surface area contributed by atoms with Crippen LogP contribution in [0.4, 0.5) is 0 Å². The lowest BCUT2D eigenvalue weighted by Gasteiger charge is -2.32. The van der Waals surface area contributed by atoms with Crippen LogP contribution in [0.5, 0.6) is 28.7 Å². The van der Waals surface area contributed by atoms with Gasteiger partial charge in [-0.25, -0.2) is 0 Å². The van der Waals surface area contributed by atoms with E-state index in [1.54, 1.807) is 24.3 Å². The Bertz CT molecular complexity index is 1120. The van der Waals surface area contributed by atoms with Crippen molar-refractivity contribution in [1.82, 2.24) is 0 Å². The van der Waals surface area contributed by atoms with E-state index in [2.05, 4.69) is 0 Å². The minimum atomic E-state index is -1.53. The van der Waals surface area contributed by atoms with Crippen molar-refractivity contribution in [2.75, 3.05) is 7.11 Å². The van der Waals surface area contributed by atoms with Crippen LogP contribution < -0.4 is 9.47 Å². The molecule has 0 fully saturated rings. The lowest BCUT2D eigenvalue weighted by atomic mass is 9.86. The fourth-order valence-electron chi connectivity index (χ4n) is 3.89. The Morgan fingerprint density at radius 2 is 1.55 bits per heavy atom. The van der Waals surface area contributed by atoms with Gasteiger partial charge in [0.2, 0.25) is 5.78 Å². The van der Waals surface area contributed by atoms with Gasteiger partial charge in [-0.05, 0) is 35.4 Å². The Labute approximate surface area is 178 Å². The number of hydrogen-bond donors (Lipinski definition) is 4. The smallest absolute Gasteiger partial charge is 0.202 e. The summed E-state index contributed by atoms with van der Waals surface area (Å²) in [6.45, 7) is 1.83. The molecule has 1 aliphatic rings. The second kappa shape index (κ2) is 7.85. The first kappa shape index (κ1) is 20.6. The maximum Gasteiger partial charge on any atom is 0.202 e. The molecule has 3 aromatic rings. The molecule has 1 aliphatic heterocycles. The Morgan fingerprint density at radius 1 is 0.968 bits per heavy atom. The fraction of sp³-hybridized carbons (Fsp3) is 0.208. The van der Waals surface area contributed by atoms with Gasteiger partial charge in [-0.2, -0.15) is 0 Å². The van der Waals surface area contributed by atoms with Gasteiger partial charge in [0.15, 0.2) is 12.2 Å². The number of aliphatic hydroxyl groups excluding tert-OH is 1. The van der Waals surface area contributed by atoms with Gasteiger partial charge in [0.25, 0.3) is 0 Å². The first-order valence-corrected chi connectivity index (χ1v) is 9.72. The number of fused-ring (bicyclic) bond motifs is 1. The maximum absolute atomic E-state index is 13.0. The van der Waals surface area contributed by atoms with Gasteiger partial charge >= 0.3 is 0 Å². The zero-order chi connectivity index (χ0) is 22.3. The van der Waals surface area contributed by atoms with E-state index in [0.717, 1.165) is 5.56 Å². The topological polar surface area (TPSA) is 116 Å². The lowest BCUT2D eigenvalue weighted by Crippen LogP contribution is -2.36. The van der Waals surface area contributed by atoms with E-state index in [4.69, 9.17) is 9.47 Å². The minimum absolute atomic E-state index is 0.0490. The molecule has 0 bridgehead atoms. The number of ether oxygens (including phenoxy) is 2. The van der Waals surface area contributed by atoms with Crippen LogP contribution in [-0.4, -0.2) is 39.4 Å². The zero-order valence-electron chi connectivity index (χ0n) is 16.9. The van der Waals surface area contributed by atoms with Gasteiger partial charge < -0.3 is 29.9 Å². The largest absolute Gasteiger partial charge is 0.508 e. The van der Waals surface area contributed by atoms with Crippen LogP contribution in [0.25, 0.3) is 0 Å². The summed E-state index contributed by atoms with van der Waals surface area (Å²) in [6.07, 6.45) is -2.53. The predicted molar refractivity (Wildman–Crippen MR) is 112 cm³/mol. The van der Waals surface area contributed by atoms with Crippen LogP contribution in [0.1, 0.15) is 46.0 Å². The van der Waals surface area contributed by atoms with Crippen LogP contribution in [0.2, 0.25) is 0 Å². The van der Waals surface area contributed by atoms with Crippen molar-refractivity contribution < 1.29 is 34.7 Å². The SMILES string of the molecule is COc1cc2c(c(O)c1C(C)c1ccc(O)cc1)C(=O)C(O)C(c1ccc(O)cc1)O2. The highest BCUT2D eigenvalue weighted by atomic mass is 16.5. The first-order valence-electron chi connectivity index (χ1n) is 9.72. The van der Waals surface area contributed by atoms with Crippen molar-refractivity contribution in [1.29, 1.82) is 0 Å². The highest BCUT2D eigenvalue weighted by molar-refractivity contribution is 6.06. The molecule has 31 heavy (non-hydrogen) atoms. The maximum atomic E-state index is 13.0. The number of phenols is 3. The monoisotopic (exact) mass is 422 g/mol. The molecule has 160 valence electrons. The molecule has 0 amide bonds. The van der Waals surface area contributed by atoms with Crippen molar-refractivity contribution >= 4 is 5.78 Å². The summed E-state index contributed by atoms with van der Waals surface area (Å²) < 4.78 is 11.4. The molecule has 3 atom stereocenters. The third-order valence-electron chi connectivity index (χ3n) is 5.59. The fourth-order valence-corrected chi connectivity index (χ4v) is 3.89. The Hall–Kier alpha value is -3.71. The van der Waals surface area contributed by atoms with Crippen molar-refractivity contribution in [3.8, 4) is 28.7 Å².